The molecule has 9 heteroatoms. The normalized spacial score (nSPS) is 28.7. The molecule has 1 aliphatic carbocycles. The first-order valence-electron chi connectivity index (χ1n) is 10.0. The third kappa shape index (κ3) is 3.81. The first kappa shape index (κ1) is 20.8. The minimum absolute atomic E-state index is 0.294. The van der Waals surface area contributed by atoms with E-state index in [-0.39, 0.29) is 5.63 Å². The zero-order valence-corrected chi connectivity index (χ0v) is 16.5. The zero-order valence-electron chi connectivity index (χ0n) is 16.5. The van der Waals surface area contributed by atoms with Gasteiger partial charge in [-0.2, -0.15) is 0 Å². The highest BCUT2D eigenvalue weighted by atomic mass is 16.7. The lowest BCUT2D eigenvalue weighted by Crippen LogP contribution is -2.65. The number of aliphatic hydroxyl groups is 3. The Morgan fingerprint density at radius 3 is 2.63 bits per heavy atom. The van der Waals surface area contributed by atoms with Crippen LogP contribution in [0.15, 0.2) is 27.4 Å². The van der Waals surface area contributed by atoms with Crippen LogP contribution >= 0.6 is 0 Å². The predicted molar refractivity (Wildman–Crippen MR) is 105 cm³/mol. The largest absolute Gasteiger partial charge is 0.462 e. The fraction of sp³-hybridized carbons (Fsp3) is 0.524. The second kappa shape index (κ2) is 8.35. The Kier molecular flexibility index (Phi) is 5.79. The number of ether oxygens (including phenoxy) is 2. The zero-order chi connectivity index (χ0) is 21.4. The average molecular weight is 419 g/mol. The van der Waals surface area contributed by atoms with Crippen LogP contribution in [0.3, 0.4) is 0 Å². The van der Waals surface area contributed by atoms with E-state index in [1.54, 1.807) is 12.1 Å². The van der Waals surface area contributed by atoms with E-state index in [1.807, 2.05) is 6.07 Å². The molecule has 1 amide bonds. The summed E-state index contributed by atoms with van der Waals surface area (Å²) in [5.74, 6) is -0.149. The molecule has 2 heterocycles. The summed E-state index contributed by atoms with van der Waals surface area (Å²) in [7, 11) is 0. The smallest absolute Gasteiger partial charge is 0.339 e. The number of aryl methyl sites for hydroxylation is 1. The standard InChI is InChI=1S/C21H25NO8/c1-10(24)22-17-19(26)18(25)16(9-23)30-21(17)28-11-6-7-13-12-4-2-3-5-14(12)20(27)29-15(13)8-11/h6-8,16-19,21,23,25-26H,2-5,9H2,1H3,(H,22,24)/t16-,17+,18-,19-,21-/m1/s1. The van der Waals surface area contributed by atoms with Crippen molar-refractivity contribution in [3.8, 4) is 5.75 Å². The summed E-state index contributed by atoms with van der Waals surface area (Å²) in [6, 6.07) is 4.00. The molecular formula is C21H25NO8. The molecule has 0 radical (unpaired) electrons. The minimum Gasteiger partial charge on any atom is -0.462 e. The molecular weight excluding hydrogens is 394 g/mol. The molecule has 1 fully saturated rings. The van der Waals surface area contributed by atoms with Crippen LogP contribution < -0.4 is 15.7 Å². The fourth-order valence-corrected chi connectivity index (χ4v) is 4.20. The Bertz CT molecular complexity index is 1000. The molecule has 4 rings (SSSR count). The van der Waals surface area contributed by atoms with Gasteiger partial charge in [-0.3, -0.25) is 4.79 Å². The van der Waals surface area contributed by atoms with Gasteiger partial charge in [0.1, 0.15) is 35.7 Å². The number of carbonyl (C=O) groups excluding carboxylic acids is 1. The molecule has 4 N–H and O–H groups in total. The maximum atomic E-state index is 12.3. The van der Waals surface area contributed by atoms with E-state index in [2.05, 4.69) is 5.32 Å². The molecule has 1 aliphatic heterocycles. The van der Waals surface area contributed by atoms with Crippen molar-refractivity contribution < 1.29 is 34.0 Å². The summed E-state index contributed by atoms with van der Waals surface area (Å²) in [6.45, 7) is 0.728. The van der Waals surface area contributed by atoms with E-state index >= 15 is 0 Å². The Morgan fingerprint density at radius 2 is 1.93 bits per heavy atom. The van der Waals surface area contributed by atoms with Gasteiger partial charge < -0.3 is 34.5 Å². The first-order chi connectivity index (χ1) is 14.4. The van der Waals surface area contributed by atoms with Crippen LogP contribution in [0.2, 0.25) is 0 Å². The van der Waals surface area contributed by atoms with Crippen molar-refractivity contribution >= 4 is 16.9 Å². The molecule has 2 aliphatic rings. The van der Waals surface area contributed by atoms with Crippen molar-refractivity contribution in [3.05, 3.63) is 39.7 Å². The predicted octanol–water partition coefficient (Wildman–Crippen LogP) is -0.00570. The molecule has 0 bridgehead atoms. The number of benzene rings is 1. The summed E-state index contributed by atoms with van der Waals surface area (Å²) >= 11 is 0. The van der Waals surface area contributed by atoms with Gasteiger partial charge in [0.05, 0.1) is 6.61 Å². The van der Waals surface area contributed by atoms with Gasteiger partial charge in [0.25, 0.3) is 0 Å². The second-order valence-electron chi connectivity index (χ2n) is 7.76. The summed E-state index contributed by atoms with van der Waals surface area (Å²) in [4.78, 5) is 23.9. The first-order valence-corrected chi connectivity index (χ1v) is 10.0. The van der Waals surface area contributed by atoms with Crippen LogP contribution in [0.4, 0.5) is 0 Å². The van der Waals surface area contributed by atoms with Crippen molar-refractivity contribution in [2.75, 3.05) is 6.61 Å². The van der Waals surface area contributed by atoms with E-state index in [1.165, 1.54) is 6.92 Å². The van der Waals surface area contributed by atoms with Gasteiger partial charge >= 0.3 is 5.63 Å². The van der Waals surface area contributed by atoms with Crippen LogP contribution in [-0.4, -0.2) is 58.5 Å². The molecule has 30 heavy (non-hydrogen) atoms. The molecule has 0 unspecified atom stereocenters. The summed E-state index contributed by atoms with van der Waals surface area (Å²) < 4.78 is 16.9. The Labute approximate surface area is 172 Å². The van der Waals surface area contributed by atoms with E-state index in [0.717, 1.165) is 35.8 Å². The van der Waals surface area contributed by atoms with Crippen LogP contribution in [-0.2, 0) is 22.4 Å². The SMILES string of the molecule is CC(=O)N[C@@H]1[C@H](Oc2ccc3c4c(c(=O)oc3c2)CCCC4)O[C@H](CO)[C@@H](O)[C@@H]1O. The Balaban J connectivity index is 1.66. The van der Waals surface area contributed by atoms with Crippen LogP contribution in [0.25, 0.3) is 11.0 Å². The van der Waals surface area contributed by atoms with E-state index in [9.17, 15) is 24.9 Å². The van der Waals surface area contributed by atoms with Gasteiger partial charge in [0, 0.05) is 23.9 Å². The van der Waals surface area contributed by atoms with Gasteiger partial charge in [-0.05, 0) is 43.4 Å². The molecule has 0 saturated carbocycles. The maximum Gasteiger partial charge on any atom is 0.339 e. The van der Waals surface area contributed by atoms with E-state index < -0.39 is 43.2 Å². The summed E-state index contributed by atoms with van der Waals surface area (Å²) in [5, 5.41) is 33.3. The fourth-order valence-electron chi connectivity index (χ4n) is 4.20. The van der Waals surface area contributed by atoms with Crippen molar-refractivity contribution in [1.82, 2.24) is 5.32 Å². The Hall–Kier alpha value is -2.46. The number of carbonyl (C=O) groups is 1. The number of amides is 1. The maximum absolute atomic E-state index is 12.3. The average Bonchev–Trinajstić information content (AvgIpc) is 2.73. The van der Waals surface area contributed by atoms with Crippen LogP contribution in [0.5, 0.6) is 5.75 Å². The molecule has 162 valence electrons. The van der Waals surface area contributed by atoms with E-state index in [0.29, 0.717) is 17.8 Å². The van der Waals surface area contributed by atoms with Crippen LogP contribution in [0.1, 0.15) is 30.9 Å². The third-order valence-electron chi connectivity index (χ3n) is 5.70. The van der Waals surface area contributed by atoms with Crippen LogP contribution in [0, 0.1) is 0 Å². The molecule has 1 aromatic heterocycles. The summed E-state index contributed by atoms with van der Waals surface area (Å²) in [6.07, 6.45) is -1.55. The number of hydrogen-bond donors (Lipinski definition) is 4. The van der Waals surface area contributed by atoms with E-state index in [4.69, 9.17) is 13.9 Å². The van der Waals surface area contributed by atoms with Crippen molar-refractivity contribution in [2.24, 2.45) is 0 Å². The lowest BCUT2D eigenvalue weighted by molar-refractivity contribution is -0.244. The molecule has 2 aromatic rings. The number of rotatable bonds is 4. The van der Waals surface area contributed by atoms with Gasteiger partial charge in [-0.1, -0.05) is 0 Å². The number of aliphatic hydroxyl groups excluding tert-OH is 3. The quantitative estimate of drug-likeness (QED) is 0.508. The lowest BCUT2D eigenvalue weighted by atomic mass is 9.91. The second-order valence-corrected chi connectivity index (χ2v) is 7.76. The van der Waals surface area contributed by atoms with Crippen molar-refractivity contribution in [1.29, 1.82) is 0 Å². The molecule has 0 spiro atoms. The highest BCUT2D eigenvalue weighted by Crippen LogP contribution is 2.31. The topological polar surface area (TPSA) is 138 Å². The Morgan fingerprint density at radius 1 is 1.20 bits per heavy atom. The van der Waals surface area contributed by atoms with Gasteiger partial charge in [0.15, 0.2) is 0 Å². The highest BCUT2D eigenvalue weighted by molar-refractivity contribution is 5.82. The number of fused-ring (bicyclic) bond motifs is 3. The lowest BCUT2D eigenvalue weighted by Gasteiger charge is -2.42. The van der Waals surface area contributed by atoms with Gasteiger partial charge in [0.2, 0.25) is 12.2 Å². The monoisotopic (exact) mass is 419 g/mol. The van der Waals surface area contributed by atoms with Crippen molar-refractivity contribution in [2.45, 2.75) is 63.3 Å². The molecule has 5 atom stereocenters. The molecule has 9 nitrogen and oxygen atoms in total. The van der Waals surface area contributed by atoms with Crippen molar-refractivity contribution in [3.63, 3.8) is 0 Å². The highest BCUT2D eigenvalue weighted by Gasteiger charge is 2.46. The molecule has 1 aromatic carbocycles. The summed E-state index contributed by atoms with van der Waals surface area (Å²) in [5.41, 5.74) is 1.76. The molecule has 1 saturated heterocycles. The minimum atomic E-state index is -1.41. The third-order valence-corrected chi connectivity index (χ3v) is 5.70. The van der Waals surface area contributed by atoms with Gasteiger partial charge in [-0.15, -0.1) is 0 Å². The van der Waals surface area contributed by atoms with Gasteiger partial charge in [-0.25, -0.2) is 4.79 Å². The number of hydrogen-bond acceptors (Lipinski definition) is 8. The number of nitrogens with one attached hydrogen (secondary N) is 1.